The van der Waals surface area contributed by atoms with Crippen LogP contribution in [0.15, 0.2) is 48.5 Å². The van der Waals surface area contributed by atoms with E-state index in [4.69, 9.17) is 0 Å². The molecule has 26 heavy (non-hydrogen) atoms. The van der Waals surface area contributed by atoms with Gasteiger partial charge in [-0.1, -0.05) is 30.3 Å². The normalized spacial score (nSPS) is 13.8. The van der Waals surface area contributed by atoms with E-state index in [-0.39, 0.29) is 33.0 Å². The first-order chi connectivity index (χ1) is 12.1. The summed E-state index contributed by atoms with van der Waals surface area (Å²) < 4.78 is 79.0. The molecule has 0 heterocycles. The second-order valence-electron chi connectivity index (χ2n) is 5.98. The lowest BCUT2D eigenvalue weighted by Crippen LogP contribution is -2.08. The SMILES string of the molecule is O=C1c2cc(C(F)(F)F)ccc2-c2c1cc(C(F)(F)F)c1ccccc21. The molecule has 0 bridgehead atoms. The highest BCUT2D eigenvalue weighted by Gasteiger charge is 2.39. The molecule has 0 spiro atoms. The third-order valence-corrected chi connectivity index (χ3v) is 4.46. The Balaban J connectivity index is 2.08. The maximum Gasteiger partial charge on any atom is 0.417 e. The number of benzene rings is 3. The van der Waals surface area contributed by atoms with Gasteiger partial charge in [0, 0.05) is 16.7 Å². The third-order valence-electron chi connectivity index (χ3n) is 4.46. The van der Waals surface area contributed by atoms with Crippen LogP contribution in [-0.2, 0) is 12.4 Å². The topological polar surface area (TPSA) is 17.1 Å². The fraction of sp³-hybridized carbons (Fsp3) is 0.105. The molecule has 0 saturated carbocycles. The van der Waals surface area contributed by atoms with E-state index in [0.717, 1.165) is 18.2 Å². The Labute approximate surface area is 142 Å². The van der Waals surface area contributed by atoms with Crippen LogP contribution in [0, 0.1) is 0 Å². The van der Waals surface area contributed by atoms with E-state index < -0.39 is 29.3 Å². The number of carbonyl (C=O) groups excluding carboxylic acids is 1. The van der Waals surface area contributed by atoms with E-state index in [1.54, 1.807) is 0 Å². The molecule has 0 atom stereocenters. The van der Waals surface area contributed by atoms with Crippen LogP contribution in [-0.4, -0.2) is 5.78 Å². The quantitative estimate of drug-likeness (QED) is 0.344. The highest BCUT2D eigenvalue weighted by Crippen LogP contribution is 2.47. The van der Waals surface area contributed by atoms with Crippen molar-refractivity contribution >= 4 is 16.6 Å². The molecule has 0 aliphatic heterocycles. The highest BCUT2D eigenvalue weighted by molar-refractivity contribution is 6.26. The number of hydrogen-bond acceptors (Lipinski definition) is 1. The minimum absolute atomic E-state index is 0.0979. The summed E-state index contributed by atoms with van der Waals surface area (Å²) in [5.41, 5.74) is -2.02. The summed E-state index contributed by atoms with van der Waals surface area (Å²) in [5.74, 6) is -0.836. The predicted molar refractivity (Wildman–Crippen MR) is 82.8 cm³/mol. The van der Waals surface area contributed by atoms with Crippen molar-refractivity contribution < 1.29 is 31.1 Å². The van der Waals surface area contributed by atoms with Crippen LogP contribution in [0.4, 0.5) is 26.3 Å². The van der Waals surface area contributed by atoms with Crippen molar-refractivity contribution in [2.75, 3.05) is 0 Å². The number of fused-ring (bicyclic) bond motifs is 5. The second kappa shape index (κ2) is 5.09. The molecular formula is C19H8F6O. The van der Waals surface area contributed by atoms with Gasteiger partial charge in [-0.25, -0.2) is 0 Å². The lowest BCUT2D eigenvalue weighted by Gasteiger charge is -2.14. The van der Waals surface area contributed by atoms with Crippen molar-refractivity contribution in [1.29, 1.82) is 0 Å². The van der Waals surface area contributed by atoms with Crippen LogP contribution < -0.4 is 0 Å². The smallest absolute Gasteiger partial charge is 0.289 e. The van der Waals surface area contributed by atoms with Gasteiger partial charge in [0.1, 0.15) is 0 Å². The lowest BCUT2D eigenvalue weighted by molar-refractivity contribution is -0.138. The minimum atomic E-state index is -4.69. The Morgan fingerprint density at radius 2 is 1.31 bits per heavy atom. The van der Waals surface area contributed by atoms with Gasteiger partial charge in [0.05, 0.1) is 11.1 Å². The molecule has 3 aromatic rings. The van der Waals surface area contributed by atoms with Gasteiger partial charge >= 0.3 is 12.4 Å². The van der Waals surface area contributed by atoms with Crippen molar-refractivity contribution in [2.45, 2.75) is 12.4 Å². The first kappa shape index (κ1) is 16.6. The largest absolute Gasteiger partial charge is 0.417 e. The van der Waals surface area contributed by atoms with E-state index in [1.807, 2.05) is 0 Å². The molecule has 1 aliphatic rings. The summed E-state index contributed by atoms with van der Waals surface area (Å²) in [6, 6.07) is 9.07. The number of alkyl halides is 6. The zero-order valence-corrected chi connectivity index (χ0v) is 12.8. The Morgan fingerprint density at radius 3 is 1.92 bits per heavy atom. The van der Waals surface area contributed by atoms with Crippen LogP contribution >= 0.6 is 0 Å². The van der Waals surface area contributed by atoms with E-state index >= 15 is 0 Å². The molecule has 3 aromatic carbocycles. The summed E-state index contributed by atoms with van der Waals surface area (Å²) in [7, 11) is 0. The molecule has 1 aliphatic carbocycles. The molecule has 0 fully saturated rings. The molecule has 132 valence electrons. The van der Waals surface area contributed by atoms with Gasteiger partial charge in [0.15, 0.2) is 5.78 Å². The van der Waals surface area contributed by atoms with Gasteiger partial charge in [0.2, 0.25) is 0 Å². The lowest BCUT2D eigenvalue weighted by atomic mass is 9.93. The second-order valence-corrected chi connectivity index (χ2v) is 5.98. The van der Waals surface area contributed by atoms with Crippen molar-refractivity contribution in [3.63, 3.8) is 0 Å². The van der Waals surface area contributed by atoms with Crippen molar-refractivity contribution in [3.05, 3.63) is 70.8 Å². The van der Waals surface area contributed by atoms with Crippen LogP contribution in [0.25, 0.3) is 21.9 Å². The average molecular weight is 366 g/mol. The number of halogens is 6. The first-order valence-electron chi connectivity index (χ1n) is 7.48. The van der Waals surface area contributed by atoms with Gasteiger partial charge < -0.3 is 0 Å². The summed E-state index contributed by atoms with van der Waals surface area (Å²) >= 11 is 0. The van der Waals surface area contributed by atoms with Crippen molar-refractivity contribution in [2.24, 2.45) is 0 Å². The molecule has 0 unspecified atom stereocenters. The molecule has 4 rings (SSSR count). The summed E-state index contributed by atoms with van der Waals surface area (Å²) in [6.07, 6.45) is -9.34. The molecular weight excluding hydrogens is 358 g/mol. The minimum Gasteiger partial charge on any atom is -0.289 e. The Morgan fingerprint density at radius 1 is 0.654 bits per heavy atom. The average Bonchev–Trinajstić information content (AvgIpc) is 2.85. The zero-order chi connectivity index (χ0) is 18.9. The monoisotopic (exact) mass is 366 g/mol. The molecule has 0 saturated heterocycles. The van der Waals surface area contributed by atoms with E-state index in [9.17, 15) is 31.1 Å². The van der Waals surface area contributed by atoms with Gasteiger partial charge in [0.25, 0.3) is 0 Å². The third kappa shape index (κ3) is 2.30. The Kier molecular flexibility index (Phi) is 3.26. The van der Waals surface area contributed by atoms with E-state index in [1.165, 1.54) is 24.3 Å². The number of carbonyl (C=O) groups is 1. The summed E-state index contributed by atoms with van der Waals surface area (Å²) in [5, 5.41) is 0.0866. The first-order valence-corrected chi connectivity index (χ1v) is 7.48. The molecule has 0 amide bonds. The maximum absolute atomic E-state index is 13.4. The summed E-state index contributed by atoms with van der Waals surface area (Å²) in [6.45, 7) is 0. The van der Waals surface area contributed by atoms with Crippen LogP contribution in [0.3, 0.4) is 0 Å². The Hall–Kier alpha value is -2.83. The molecule has 1 nitrogen and oxygen atoms in total. The van der Waals surface area contributed by atoms with Gasteiger partial charge in [-0.15, -0.1) is 0 Å². The number of hydrogen-bond donors (Lipinski definition) is 0. The van der Waals surface area contributed by atoms with Crippen LogP contribution in [0.2, 0.25) is 0 Å². The zero-order valence-electron chi connectivity index (χ0n) is 12.8. The van der Waals surface area contributed by atoms with Crippen LogP contribution in [0.1, 0.15) is 27.0 Å². The van der Waals surface area contributed by atoms with Gasteiger partial charge in [-0.3, -0.25) is 4.79 Å². The van der Waals surface area contributed by atoms with Crippen molar-refractivity contribution in [1.82, 2.24) is 0 Å². The maximum atomic E-state index is 13.4. The highest BCUT2D eigenvalue weighted by atomic mass is 19.4. The fourth-order valence-corrected chi connectivity index (χ4v) is 3.35. The fourth-order valence-electron chi connectivity index (χ4n) is 3.35. The van der Waals surface area contributed by atoms with Crippen molar-refractivity contribution in [3.8, 4) is 11.1 Å². The summed E-state index contributed by atoms with van der Waals surface area (Å²) in [4.78, 5) is 12.6. The standard InChI is InChI=1S/C19H8F6O/c20-18(21,22)9-5-6-12-13(7-9)17(26)14-8-15(19(23,24)25)10-3-1-2-4-11(10)16(12)14/h1-8H. The van der Waals surface area contributed by atoms with E-state index in [0.29, 0.717) is 6.07 Å². The predicted octanol–water partition coefficient (Wildman–Crippen LogP) is 6.09. The van der Waals surface area contributed by atoms with E-state index in [2.05, 4.69) is 0 Å². The van der Waals surface area contributed by atoms with Crippen LogP contribution in [0.5, 0.6) is 0 Å². The molecule has 7 heteroatoms. The molecule has 0 aromatic heterocycles. The van der Waals surface area contributed by atoms with Gasteiger partial charge in [-0.2, -0.15) is 26.3 Å². The number of ketones is 1. The molecule has 0 N–H and O–H groups in total. The number of rotatable bonds is 0. The molecule has 0 radical (unpaired) electrons. The Bertz CT molecular complexity index is 1080. The van der Waals surface area contributed by atoms with Gasteiger partial charge in [-0.05, 0) is 34.5 Å².